The van der Waals surface area contributed by atoms with E-state index < -0.39 is 0 Å². The van der Waals surface area contributed by atoms with Crippen molar-refractivity contribution in [3.05, 3.63) is 28.2 Å². The summed E-state index contributed by atoms with van der Waals surface area (Å²) in [4.78, 5) is 25.7. The normalized spacial score (nSPS) is 23.4. The Bertz CT molecular complexity index is 512. The molecule has 1 fully saturated rings. The molecular formula is C13H12BrNO2. The molecule has 0 spiro atoms. The number of hydrogen-bond acceptors (Lipinski definition) is 2. The molecule has 4 heteroatoms. The Balaban J connectivity index is 2.09. The maximum Gasteiger partial charge on any atom is 0.227 e. The van der Waals surface area contributed by atoms with E-state index in [9.17, 15) is 9.59 Å². The molecule has 3 nitrogen and oxygen atoms in total. The summed E-state index contributed by atoms with van der Waals surface area (Å²) in [6.45, 7) is 0. The Morgan fingerprint density at radius 2 is 2.06 bits per heavy atom. The fraction of sp³-hybridized carbons (Fsp3) is 0.385. The molecule has 1 amide bonds. The molecule has 0 radical (unpaired) electrons. The molecular weight excluding hydrogens is 282 g/mol. The number of carbonyl (C=O) groups is 2. The van der Waals surface area contributed by atoms with Crippen LogP contribution in [0.5, 0.6) is 0 Å². The van der Waals surface area contributed by atoms with Crippen molar-refractivity contribution in [1.82, 2.24) is 0 Å². The number of halogens is 1. The molecule has 1 unspecified atom stereocenters. The lowest BCUT2D eigenvalue weighted by molar-refractivity contribution is -0.122. The fourth-order valence-corrected chi connectivity index (χ4v) is 3.10. The van der Waals surface area contributed by atoms with E-state index in [1.807, 2.05) is 18.2 Å². The zero-order chi connectivity index (χ0) is 12.0. The summed E-state index contributed by atoms with van der Waals surface area (Å²) in [6, 6.07) is 5.60. The van der Waals surface area contributed by atoms with Gasteiger partial charge in [-0.3, -0.25) is 9.59 Å². The van der Waals surface area contributed by atoms with Gasteiger partial charge in [-0.25, -0.2) is 0 Å². The van der Waals surface area contributed by atoms with Gasteiger partial charge in [0.05, 0.1) is 6.04 Å². The highest BCUT2D eigenvalue weighted by Crippen LogP contribution is 2.36. The summed E-state index contributed by atoms with van der Waals surface area (Å²) in [6.07, 6.45) is 2.37. The molecule has 1 aromatic rings. The van der Waals surface area contributed by atoms with Crippen LogP contribution < -0.4 is 4.90 Å². The minimum atomic E-state index is -0.255. The third kappa shape index (κ3) is 1.71. The first-order chi connectivity index (χ1) is 8.16. The summed E-state index contributed by atoms with van der Waals surface area (Å²) in [5, 5.41) is 0. The smallest absolute Gasteiger partial charge is 0.227 e. The Hall–Kier alpha value is -1.16. The first-order valence-electron chi connectivity index (χ1n) is 5.80. The van der Waals surface area contributed by atoms with E-state index in [0.717, 1.165) is 15.7 Å². The molecule has 2 aliphatic rings. The fourth-order valence-electron chi connectivity index (χ4n) is 2.69. The molecule has 17 heavy (non-hydrogen) atoms. The molecule has 3 rings (SSSR count). The maximum absolute atomic E-state index is 12.1. The van der Waals surface area contributed by atoms with Gasteiger partial charge in [0, 0.05) is 29.4 Å². The summed E-state index contributed by atoms with van der Waals surface area (Å²) in [7, 11) is 0. The second-order valence-electron chi connectivity index (χ2n) is 4.58. The van der Waals surface area contributed by atoms with E-state index in [-0.39, 0.29) is 17.7 Å². The highest BCUT2D eigenvalue weighted by Gasteiger charge is 2.39. The minimum Gasteiger partial charge on any atom is -0.301 e. The number of amides is 1. The van der Waals surface area contributed by atoms with Crippen molar-refractivity contribution in [2.75, 3.05) is 4.90 Å². The predicted molar refractivity (Wildman–Crippen MR) is 68.0 cm³/mol. The van der Waals surface area contributed by atoms with Crippen molar-refractivity contribution in [1.29, 1.82) is 0 Å². The summed E-state index contributed by atoms with van der Waals surface area (Å²) in [5.41, 5.74) is 2.01. The minimum absolute atomic E-state index is 0.0851. The van der Waals surface area contributed by atoms with Crippen LogP contribution in [0.15, 0.2) is 22.7 Å². The first kappa shape index (κ1) is 11.0. The van der Waals surface area contributed by atoms with Gasteiger partial charge in [-0.05, 0) is 30.2 Å². The highest BCUT2D eigenvalue weighted by molar-refractivity contribution is 9.10. The molecule has 0 bridgehead atoms. The zero-order valence-corrected chi connectivity index (χ0v) is 10.9. The van der Waals surface area contributed by atoms with Gasteiger partial charge in [0.1, 0.15) is 0 Å². The summed E-state index contributed by atoms with van der Waals surface area (Å²) < 4.78 is 0.994. The zero-order valence-electron chi connectivity index (χ0n) is 9.28. The Kier molecular flexibility index (Phi) is 2.54. The van der Waals surface area contributed by atoms with Crippen LogP contribution in [-0.2, 0) is 16.0 Å². The third-order valence-electron chi connectivity index (χ3n) is 3.48. The molecule has 0 N–H and O–H groups in total. The van der Waals surface area contributed by atoms with Crippen LogP contribution in [-0.4, -0.2) is 17.7 Å². The highest BCUT2D eigenvalue weighted by atomic mass is 79.9. The van der Waals surface area contributed by atoms with Gasteiger partial charge < -0.3 is 4.90 Å². The van der Waals surface area contributed by atoms with E-state index in [2.05, 4.69) is 15.9 Å². The van der Waals surface area contributed by atoms with Crippen molar-refractivity contribution in [3.8, 4) is 0 Å². The first-order valence-corrected chi connectivity index (χ1v) is 6.59. The summed E-state index contributed by atoms with van der Waals surface area (Å²) >= 11 is 3.42. The van der Waals surface area contributed by atoms with Gasteiger partial charge in [-0.2, -0.15) is 0 Å². The summed E-state index contributed by atoms with van der Waals surface area (Å²) in [5.74, 6) is 0.282. The van der Waals surface area contributed by atoms with Crippen molar-refractivity contribution in [3.63, 3.8) is 0 Å². The number of anilines is 1. The van der Waals surface area contributed by atoms with Crippen molar-refractivity contribution >= 4 is 33.3 Å². The molecule has 0 aromatic heterocycles. The number of hydrogen-bond donors (Lipinski definition) is 0. The molecule has 2 heterocycles. The molecule has 88 valence electrons. The Morgan fingerprint density at radius 1 is 1.24 bits per heavy atom. The molecule has 1 saturated heterocycles. The number of rotatable bonds is 0. The van der Waals surface area contributed by atoms with E-state index >= 15 is 0 Å². The monoisotopic (exact) mass is 293 g/mol. The van der Waals surface area contributed by atoms with E-state index in [0.29, 0.717) is 25.7 Å². The van der Waals surface area contributed by atoms with Crippen LogP contribution in [0.4, 0.5) is 5.69 Å². The van der Waals surface area contributed by atoms with Crippen LogP contribution in [0.3, 0.4) is 0 Å². The van der Waals surface area contributed by atoms with Gasteiger partial charge in [0.15, 0.2) is 5.78 Å². The lowest BCUT2D eigenvalue weighted by atomic mass is 10.0. The Labute approximate surface area is 108 Å². The topological polar surface area (TPSA) is 37.4 Å². The third-order valence-corrected chi connectivity index (χ3v) is 3.97. The number of carbonyl (C=O) groups excluding carboxylic acids is 2. The number of Topliss-reactive ketones (excluding diaryl/α,β-unsaturated/α-hetero) is 1. The second kappa shape index (κ2) is 3.95. The number of nitrogens with zero attached hydrogens (tertiary/aromatic N) is 1. The number of ketones is 1. The Morgan fingerprint density at radius 3 is 2.88 bits per heavy atom. The standard InChI is InChI=1S/C13H12BrNO2/c14-9-4-5-10-8(6-9)7-11-12(16)2-1-3-13(17)15(10)11/h4-6,11H,1-3,7H2. The maximum atomic E-state index is 12.1. The number of fused-ring (bicyclic) bond motifs is 3. The van der Waals surface area contributed by atoms with Crippen LogP contribution in [0.1, 0.15) is 24.8 Å². The van der Waals surface area contributed by atoms with Crippen molar-refractivity contribution in [2.24, 2.45) is 0 Å². The van der Waals surface area contributed by atoms with E-state index in [1.54, 1.807) is 4.90 Å². The lowest BCUT2D eigenvalue weighted by Crippen LogP contribution is -2.40. The van der Waals surface area contributed by atoms with Gasteiger partial charge >= 0.3 is 0 Å². The lowest BCUT2D eigenvalue weighted by Gasteiger charge is -2.21. The van der Waals surface area contributed by atoms with E-state index in [4.69, 9.17) is 0 Å². The van der Waals surface area contributed by atoms with Gasteiger partial charge in [0.2, 0.25) is 5.91 Å². The van der Waals surface area contributed by atoms with Gasteiger partial charge in [0.25, 0.3) is 0 Å². The molecule has 1 atom stereocenters. The largest absolute Gasteiger partial charge is 0.301 e. The average Bonchev–Trinajstić information content (AvgIpc) is 2.60. The SMILES string of the molecule is O=C1CCCC(=O)N2c3ccc(Br)cc3CC12. The molecule has 0 saturated carbocycles. The van der Waals surface area contributed by atoms with Crippen molar-refractivity contribution in [2.45, 2.75) is 31.7 Å². The second-order valence-corrected chi connectivity index (χ2v) is 5.49. The van der Waals surface area contributed by atoms with Gasteiger partial charge in [-0.15, -0.1) is 0 Å². The predicted octanol–water partition coefficient (Wildman–Crippen LogP) is 2.46. The molecule has 1 aromatic carbocycles. The van der Waals surface area contributed by atoms with Crippen molar-refractivity contribution < 1.29 is 9.59 Å². The molecule has 0 aliphatic carbocycles. The van der Waals surface area contributed by atoms with Crippen LogP contribution in [0.2, 0.25) is 0 Å². The van der Waals surface area contributed by atoms with Gasteiger partial charge in [-0.1, -0.05) is 15.9 Å². The average molecular weight is 294 g/mol. The van der Waals surface area contributed by atoms with Crippen LogP contribution in [0.25, 0.3) is 0 Å². The van der Waals surface area contributed by atoms with E-state index in [1.165, 1.54) is 0 Å². The molecule has 2 aliphatic heterocycles. The van der Waals surface area contributed by atoms with Crippen LogP contribution >= 0.6 is 15.9 Å². The quantitative estimate of drug-likeness (QED) is 0.737. The number of benzene rings is 1. The van der Waals surface area contributed by atoms with Crippen LogP contribution in [0, 0.1) is 0 Å².